The minimum Gasteiger partial charge on any atom is -0.394 e. The molecule has 0 aliphatic rings. The van der Waals surface area contributed by atoms with Gasteiger partial charge >= 0.3 is 6.18 Å². The summed E-state index contributed by atoms with van der Waals surface area (Å²) in [5.74, 6) is -2.64. The second-order valence-electron chi connectivity index (χ2n) is 5.42. The molecule has 0 spiro atoms. The third kappa shape index (κ3) is 4.83. The highest BCUT2D eigenvalue weighted by molar-refractivity contribution is 5.77. The third-order valence-electron chi connectivity index (χ3n) is 3.71. The van der Waals surface area contributed by atoms with Crippen molar-refractivity contribution in [3.8, 4) is 0 Å². The number of halogens is 3. The number of amides is 1. The van der Waals surface area contributed by atoms with Gasteiger partial charge in [0.2, 0.25) is 5.91 Å². The number of rotatable bonds is 6. The Kier molecular flexibility index (Phi) is 5.98. The first kappa shape index (κ1) is 18.0. The Morgan fingerprint density at radius 1 is 0.958 bits per heavy atom. The van der Waals surface area contributed by atoms with E-state index in [4.69, 9.17) is 0 Å². The number of carbonyl (C=O) groups excluding carboxylic acids is 1. The smallest absolute Gasteiger partial charge is 0.394 e. The van der Waals surface area contributed by atoms with E-state index in [1.165, 1.54) is 24.3 Å². The number of benzene rings is 2. The number of aliphatic hydroxyl groups is 1. The molecule has 3 nitrogen and oxygen atoms in total. The van der Waals surface area contributed by atoms with Crippen molar-refractivity contribution >= 4 is 5.91 Å². The minimum absolute atomic E-state index is 0.0420. The Hall–Kier alpha value is -2.34. The van der Waals surface area contributed by atoms with Crippen molar-refractivity contribution in [1.82, 2.24) is 5.32 Å². The van der Waals surface area contributed by atoms with Gasteiger partial charge < -0.3 is 10.4 Å². The van der Waals surface area contributed by atoms with Gasteiger partial charge in [0.25, 0.3) is 0 Å². The maximum Gasteiger partial charge on any atom is 0.396 e. The van der Waals surface area contributed by atoms with Gasteiger partial charge in [-0.2, -0.15) is 13.2 Å². The van der Waals surface area contributed by atoms with Crippen LogP contribution in [0, 0.1) is 0 Å². The van der Waals surface area contributed by atoms with E-state index in [1.807, 2.05) is 0 Å². The van der Waals surface area contributed by atoms with Gasteiger partial charge in [-0.25, -0.2) is 0 Å². The monoisotopic (exact) mass is 337 g/mol. The molecule has 2 aromatic rings. The van der Waals surface area contributed by atoms with Crippen LogP contribution in [0.4, 0.5) is 13.2 Å². The van der Waals surface area contributed by atoms with E-state index in [0.29, 0.717) is 5.56 Å². The Morgan fingerprint density at radius 2 is 1.46 bits per heavy atom. The van der Waals surface area contributed by atoms with Gasteiger partial charge in [0.05, 0.1) is 18.6 Å². The Labute approximate surface area is 138 Å². The number of hydrogen-bond acceptors (Lipinski definition) is 2. The normalized spacial score (nSPS) is 14.0. The number of nitrogens with one attached hydrogen (secondary N) is 1. The van der Waals surface area contributed by atoms with Crippen molar-refractivity contribution in [3.63, 3.8) is 0 Å². The molecule has 0 fully saturated rings. The van der Waals surface area contributed by atoms with E-state index >= 15 is 0 Å². The maximum absolute atomic E-state index is 13.3. The molecule has 6 heteroatoms. The van der Waals surface area contributed by atoms with E-state index in [1.54, 1.807) is 36.4 Å². The second-order valence-corrected chi connectivity index (χ2v) is 5.42. The number of carbonyl (C=O) groups is 1. The molecule has 0 bridgehead atoms. The van der Waals surface area contributed by atoms with Crippen LogP contribution in [0.3, 0.4) is 0 Å². The van der Waals surface area contributed by atoms with Crippen LogP contribution in [0.1, 0.15) is 29.5 Å². The van der Waals surface area contributed by atoms with Crippen molar-refractivity contribution in [2.75, 3.05) is 6.61 Å². The van der Waals surface area contributed by atoms with Gasteiger partial charge in [0.1, 0.15) is 0 Å². The largest absolute Gasteiger partial charge is 0.396 e. The summed E-state index contributed by atoms with van der Waals surface area (Å²) in [7, 11) is 0. The molecule has 0 aromatic heterocycles. The SMILES string of the molecule is O=C(CC(c1ccccc1)C(F)(F)F)N[C@H](CO)c1ccccc1. The standard InChI is InChI=1S/C18H18F3NO2/c19-18(20,21)15(13-7-3-1-4-8-13)11-17(24)22-16(12-23)14-9-5-2-6-10-14/h1-10,15-16,23H,11-12H2,(H,22,24)/t15?,16-/m1/s1. The van der Waals surface area contributed by atoms with Crippen LogP contribution in [0.25, 0.3) is 0 Å². The van der Waals surface area contributed by atoms with E-state index in [9.17, 15) is 23.1 Å². The van der Waals surface area contributed by atoms with Crippen molar-refractivity contribution in [1.29, 1.82) is 0 Å². The Bertz CT molecular complexity index is 644. The van der Waals surface area contributed by atoms with Crippen LogP contribution in [0.2, 0.25) is 0 Å². The summed E-state index contributed by atoms with van der Waals surface area (Å²) in [6.07, 6.45) is -5.25. The van der Waals surface area contributed by atoms with Crippen molar-refractivity contribution in [2.24, 2.45) is 0 Å². The maximum atomic E-state index is 13.3. The van der Waals surface area contributed by atoms with Crippen LogP contribution in [0.5, 0.6) is 0 Å². The summed E-state index contributed by atoms with van der Waals surface area (Å²) < 4.78 is 39.8. The Morgan fingerprint density at radius 3 is 1.92 bits per heavy atom. The molecule has 0 aliphatic heterocycles. The van der Waals surface area contributed by atoms with Gasteiger partial charge in [-0.1, -0.05) is 60.7 Å². The van der Waals surface area contributed by atoms with Crippen LogP contribution in [-0.2, 0) is 4.79 Å². The van der Waals surface area contributed by atoms with Crippen molar-refractivity contribution in [3.05, 3.63) is 71.8 Å². The first-order chi connectivity index (χ1) is 11.4. The van der Waals surface area contributed by atoms with Gasteiger partial charge in [0, 0.05) is 6.42 Å². The summed E-state index contributed by atoms with van der Waals surface area (Å²) in [4.78, 5) is 12.1. The fourth-order valence-electron chi connectivity index (χ4n) is 2.47. The number of hydrogen-bond donors (Lipinski definition) is 2. The van der Waals surface area contributed by atoms with Crippen LogP contribution in [0.15, 0.2) is 60.7 Å². The van der Waals surface area contributed by atoms with E-state index in [-0.39, 0.29) is 5.56 Å². The number of aliphatic hydroxyl groups excluding tert-OH is 1. The van der Waals surface area contributed by atoms with Crippen molar-refractivity contribution in [2.45, 2.75) is 24.6 Å². The molecule has 2 N–H and O–H groups in total. The lowest BCUT2D eigenvalue weighted by atomic mass is 9.94. The molecule has 0 aliphatic carbocycles. The summed E-state index contributed by atoms with van der Waals surface area (Å²) in [6.45, 7) is -0.391. The van der Waals surface area contributed by atoms with Gasteiger partial charge in [-0.05, 0) is 11.1 Å². The molecule has 0 heterocycles. The molecule has 128 valence electrons. The third-order valence-corrected chi connectivity index (χ3v) is 3.71. The summed E-state index contributed by atoms with van der Waals surface area (Å²) in [5.41, 5.74) is 0.678. The fourth-order valence-corrected chi connectivity index (χ4v) is 2.47. The molecule has 24 heavy (non-hydrogen) atoms. The molecule has 1 unspecified atom stereocenters. The van der Waals surface area contributed by atoms with Crippen LogP contribution < -0.4 is 5.32 Å². The molecule has 0 radical (unpaired) electrons. The molecular formula is C18H18F3NO2. The molecule has 2 rings (SSSR count). The summed E-state index contributed by atoms with van der Waals surface area (Å²) in [5, 5.41) is 11.9. The lowest BCUT2D eigenvalue weighted by molar-refractivity contribution is -0.157. The molecule has 2 aromatic carbocycles. The zero-order chi connectivity index (χ0) is 17.6. The highest BCUT2D eigenvalue weighted by Crippen LogP contribution is 2.37. The quantitative estimate of drug-likeness (QED) is 0.847. The molecule has 2 atom stereocenters. The predicted octanol–water partition coefficient (Wildman–Crippen LogP) is 3.57. The highest BCUT2D eigenvalue weighted by atomic mass is 19.4. The van der Waals surface area contributed by atoms with E-state index in [2.05, 4.69) is 5.32 Å². The summed E-state index contributed by atoms with van der Waals surface area (Å²) >= 11 is 0. The first-order valence-electron chi connectivity index (χ1n) is 7.48. The first-order valence-corrected chi connectivity index (χ1v) is 7.48. The molecule has 1 amide bonds. The predicted molar refractivity (Wildman–Crippen MR) is 84.3 cm³/mol. The Balaban J connectivity index is 2.10. The highest BCUT2D eigenvalue weighted by Gasteiger charge is 2.42. The van der Waals surface area contributed by atoms with Gasteiger partial charge in [0.15, 0.2) is 0 Å². The van der Waals surface area contributed by atoms with Crippen LogP contribution >= 0.6 is 0 Å². The van der Waals surface area contributed by atoms with Gasteiger partial charge in [-0.15, -0.1) is 0 Å². The van der Waals surface area contributed by atoms with Crippen molar-refractivity contribution < 1.29 is 23.1 Å². The zero-order valence-electron chi connectivity index (χ0n) is 12.8. The summed E-state index contributed by atoms with van der Waals surface area (Å²) in [6, 6.07) is 15.2. The topological polar surface area (TPSA) is 49.3 Å². The van der Waals surface area contributed by atoms with Gasteiger partial charge in [-0.3, -0.25) is 4.79 Å². The average Bonchev–Trinajstić information content (AvgIpc) is 2.58. The lowest BCUT2D eigenvalue weighted by Crippen LogP contribution is -2.34. The molecular weight excluding hydrogens is 319 g/mol. The average molecular weight is 337 g/mol. The number of alkyl halides is 3. The molecule has 0 saturated heterocycles. The van der Waals surface area contributed by atoms with Crippen LogP contribution in [-0.4, -0.2) is 23.8 Å². The van der Waals surface area contributed by atoms with E-state index in [0.717, 1.165) is 0 Å². The fraction of sp³-hybridized carbons (Fsp3) is 0.278. The lowest BCUT2D eigenvalue weighted by Gasteiger charge is -2.22. The second kappa shape index (κ2) is 7.97. The molecule has 0 saturated carbocycles. The van der Waals surface area contributed by atoms with E-state index < -0.39 is 37.1 Å². The zero-order valence-corrected chi connectivity index (χ0v) is 12.8. The minimum atomic E-state index is -4.53.